The molecule has 0 bridgehead atoms. The normalized spacial score (nSPS) is 11.6. The summed E-state index contributed by atoms with van der Waals surface area (Å²) in [6.45, 7) is 2.76. The van der Waals surface area contributed by atoms with Crippen molar-refractivity contribution < 1.29 is 14.3 Å². The summed E-state index contributed by atoms with van der Waals surface area (Å²) in [7, 11) is 0. The van der Waals surface area contributed by atoms with Gasteiger partial charge in [-0.15, -0.1) is 12.4 Å². The Hall–Kier alpha value is -0.620. The van der Waals surface area contributed by atoms with Crippen LogP contribution in [0.2, 0.25) is 0 Å². The van der Waals surface area contributed by atoms with Crippen LogP contribution in [0.4, 0.5) is 0 Å². The molecule has 0 spiro atoms. The van der Waals surface area contributed by atoms with Crippen molar-refractivity contribution in [3.63, 3.8) is 0 Å². The minimum Gasteiger partial charge on any atom is -0.465 e. The van der Waals surface area contributed by atoms with E-state index in [-0.39, 0.29) is 19.0 Å². The van der Waals surface area contributed by atoms with Crippen LogP contribution in [-0.2, 0) is 20.9 Å². The SMILES string of the molecule is CCOC(=O)[C@@H](N)COCc1ccsc1.Cl. The highest BCUT2D eigenvalue weighted by Gasteiger charge is 2.14. The lowest BCUT2D eigenvalue weighted by atomic mass is 10.3. The maximum atomic E-state index is 11.1. The number of thiophene rings is 1. The Morgan fingerprint density at radius 2 is 2.38 bits per heavy atom. The Morgan fingerprint density at radius 3 is 2.94 bits per heavy atom. The molecule has 0 aliphatic heterocycles. The lowest BCUT2D eigenvalue weighted by Gasteiger charge is -2.10. The van der Waals surface area contributed by atoms with Crippen molar-refractivity contribution in [3.8, 4) is 0 Å². The van der Waals surface area contributed by atoms with Crippen LogP contribution in [0.15, 0.2) is 16.8 Å². The van der Waals surface area contributed by atoms with Crippen molar-refractivity contribution in [1.82, 2.24) is 0 Å². The zero-order valence-electron chi connectivity index (χ0n) is 9.05. The first-order chi connectivity index (χ1) is 7.24. The Kier molecular flexibility index (Phi) is 8.19. The number of carbonyl (C=O) groups excluding carboxylic acids is 1. The molecule has 1 atom stereocenters. The predicted molar refractivity (Wildman–Crippen MR) is 65.8 cm³/mol. The summed E-state index contributed by atoms with van der Waals surface area (Å²) in [5.41, 5.74) is 6.64. The zero-order valence-corrected chi connectivity index (χ0v) is 10.7. The molecule has 0 aromatic carbocycles. The molecule has 0 saturated carbocycles. The first kappa shape index (κ1) is 15.4. The number of hydrogen-bond acceptors (Lipinski definition) is 5. The molecule has 1 aromatic rings. The molecule has 1 rings (SSSR count). The highest BCUT2D eigenvalue weighted by Crippen LogP contribution is 2.07. The van der Waals surface area contributed by atoms with Crippen LogP contribution in [0.5, 0.6) is 0 Å². The van der Waals surface area contributed by atoms with Gasteiger partial charge in [-0.3, -0.25) is 4.79 Å². The molecule has 0 saturated heterocycles. The molecule has 2 N–H and O–H groups in total. The fourth-order valence-corrected chi connectivity index (χ4v) is 1.65. The summed E-state index contributed by atoms with van der Waals surface area (Å²) < 4.78 is 10.0. The molecule has 0 unspecified atom stereocenters. The van der Waals surface area contributed by atoms with E-state index in [4.69, 9.17) is 15.2 Å². The Balaban J connectivity index is 0.00000225. The fourth-order valence-electron chi connectivity index (χ4n) is 0.996. The van der Waals surface area contributed by atoms with E-state index < -0.39 is 12.0 Å². The van der Waals surface area contributed by atoms with Crippen LogP contribution in [0.1, 0.15) is 12.5 Å². The minimum atomic E-state index is -0.691. The molecule has 6 heteroatoms. The highest BCUT2D eigenvalue weighted by molar-refractivity contribution is 7.07. The largest absolute Gasteiger partial charge is 0.465 e. The first-order valence-electron chi connectivity index (χ1n) is 4.75. The molecule has 0 fully saturated rings. The van der Waals surface area contributed by atoms with Crippen molar-refractivity contribution in [2.45, 2.75) is 19.6 Å². The van der Waals surface area contributed by atoms with Crippen LogP contribution < -0.4 is 5.73 Å². The van der Waals surface area contributed by atoms with E-state index in [9.17, 15) is 4.79 Å². The molecule has 1 heterocycles. The molecular weight excluding hydrogens is 250 g/mol. The van der Waals surface area contributed by atoms with Crippen molar-refractivity contribution in [1.29, 1.82) is 0 Å². The second kappa shape index (κ2) is 8.52. The van der Waals surface area contributed by atoms with Crippen molar-refractivity contribution in [3.05, 3.63) is 22.4 Å². The van der Waals surface area contributed by atoms with Gasteiger partial charge in [0, 0.05) is 0 Å². The minimum absolute atomic E-state index is 0. The van der Waals surface area contributed by atoms with Gasteiger partial charge in [-0.2, -0.15) is 11.3 Å². The van der Waals surface area contributed by atoms with E-state index in [1.807, 2.05) is 16.8 Å². The van der Waals surface area contributed by atoms with Crippen molar-refractivity contribution >= 4 is 29.7 Å². The lowest BCUT2D eigenvalue weighted by molar-refractivity contribution is -0.146. The molecule has 0 aliphatic carbocycles. The molecule has 1 aromatic heterocycles. The average molecular weight is 266 g/mol. The summed E-state index contributed by atoms with van der Waals surface area (Å²) >= 11 is 1.61. The van der Waals surface area contributed by atoms with Gasteiger partial charge in [-0.1, -0.05) is 0 Å². The number of halogens is 1. The van der Waals surface area contributed by atoms with E-state index >= 15 is 0 Å². The molecule has 0 aliphatic rings. The quantitative estimate of drug-likeness (QED) is 0.794. The first-order valence-corrected chi connectivity index (χ1v) is 5.69. The Morgan fingerprint density at radius 1 is 1.62 bits per heavy atom. The number of hydrogen-bond donors (Lipinski definition) is 1. The van der Waals surface area contributed by atoms with E-state index in [1.54, 1.807) is 18.3 Å². The monoisotopic (exact) mass is 265 g/mol. The average Bonchev–Trinajstić information content (AvgIpc) is 2.71. The Bertz CT molecular complexity index is 292. The standard InChI is InChI=1S/C10H15NO3S.ClH/c1-2-14-10(12)9(11)6-13-5-8-3-4-15-7-8;/h3-4,7,9H,2,5-6,11H2,1H3;1H/t9-;/m0./s1. The fraction of sp³-hybridized carbons (Fsp3) is 0.500. The summed E-state index contributed by atoms with van der Waals surface area (Å²) in [5, 5.41) is 3.97. The topological polar surface area (TPSA) is 61.5 Å². The van der Waals surface area contributed by atoms with Crippen LogP contribution in [0, 0.1) is 0 Å². The smallest absolute Gasteiger partial charge is 0.325 e. The van der Waals surface area contributed by atoms with Gasteiger partial charge in [0.05, 0.1) is 19.8 Å². The third kappa shape index (κ3) is 5.46. The van der Waals surface area contributed by atoms with Crippen LogP contribution in [0.25, 0.3) is 0 Å². The number of ether oxygens (including phenoxy) is 2. The van der Waals surface area contributed by atoms with E-state index in [0.29, 0.717) is 13.2 Å². The molecule has 4 nitrogen and oxygen atoms in total. The van der Waals surface area contributed by atoms with Gasteiger partial charge < -0.3 is 15.2 Å². The van der Waals surface area contributed by atoms with Crippen LogP contribution >= 0.6 is 23.7 Å². The number of esters is 1. The van der Waals surface area contributed by atoms with Gasteiger partial charge >= 0.3 is 5.97 Å². The summed E-state index contributed by atoms with van der Waals surface area (Å²) in [4.78, 5) is 11.1. The summed E-state index contributed by atoms with van der Waals surface area (Å²) in [5.74, 6) is -0.414. The van der Waals surface area contributed by atoms with Gasteiger partial charge in [-0.05, 0) is 29.3 Å². The predicted octanol–water partition coefficient (Wildman–Crippen LogP) is 1.58. The van der Waals surface area contributed by atoms with Gasteiger partial charge in [0.1, 0.15) is 6.04 Å². The maximum absolute atomic E-state index is 11.1. The molecular formula is C10H16ClNO3S. The molecule has 16 heavy (non-hydrogen) atoms. The van der Waals surface area contributed by atoms with Gasteiger partial charge in [0.15, 0.2) is 0 Å². The number of carbonyl (C=O) groups is 1. The number of rotatable bonds is 6. The third-order valence-corrected chi connectivity index (χ3v) is 2.47. The van der Waals surface area contributed by atoms with E-state index in [1.165, 1.54) is 0 Å². The lowest BCUT2D eigenvalue weighted by Crippen LogP contribution is -2.36. The van der Waals surface area contributed by atoms with Gasteiger partial charge in [-0.25, -0.2) is 0 Å². The van der Waals surface area contributed by atoms with Crippen LogP contribution in [-0.4, -0.2) is 25.2 Å². The number of nitrogens with two attached hydrogens (primary N) is 1. The summed E-state index contributed by atoms with van der Waals surface area (Å²) in [6.07, 6.45) is 0. The second-order valence-electron chi connectivity index (χ2n) is 3.01. The van der Waals surface area contributed by atoms with Crippen LogP contribution in [0.3, 0.4) is 0 Å². The van der Waals surface area contributed by atoms with Gasteiger partial charge in [0.2, 0.25) is 0 Å². The zero-order chi connectivity index (χ0) is 11.1. The van der Waals surface area contributed by atoms with E-state index in [0.717, 1.165) is 5.56 Å². The Labute approximate surface area is 105 Å². The molecule has 0 radical (unpaired) electrons. The maximum Gasteiger partial charge on any atom is 0.325 e. The van der Waals surface area contributed by atoms with Crippen molar-refractivity contribution in [2.24, 2.45) is 5.73 Å². The highest BCUT2D eigenvalue weighted by atomic mass is 35.5. The third-order valence-electron chi connectivity index (χ3n) is 1.74. The molecule has 92 valence electrons. The van der Waals surface area contributed by atoms with E-state index in [2.05, 4.69) is 0 Å². The second-order valence-corrected chi connectivity index (χ2v) is 3.79. The summed E-state index contributed by atoms with van der Waals surface area (Å²) in [6, 6.07) is 1.28. The van der Waals surface area contributed by atoms with Gasteiger partial charge in [0.25, 0.3) is 0 Å². The van der Waals surface area contributed by atoms with Crippen molar-refractivity contribution in [2.75, 3.05) is 13.2 Å². The molecule has 0 amide bonds.